The van der Waals surface area contributed by atoms with Crippen LogP contribution in [0.25, 0.3) is 0 Å². The highest BCUT2D eigenvalue weighted by Gasteiger charge is 2.26. The van der Waals surface area contributed by atoms with E-state index < -0.39 is 10.0 Å². The van der Waals surface area contributed by atoms with E-state index in [2.05, 4.69) is 5.32 Å². The number of rotatable bonds is 8. The molecule has 0 saturated carbocycles. The topological polar surface area (TPSA) is 75.7 Å². The molecule has 1 aliphatic rings. The quantitative estimate of drug-likeness (QED) is 0.734. The van der Waals surface area contributed by atoms with E-state index in [-0.39, 0.29) is 18.2 Å². The summed E-state index contributed by atoms with van der Waals surface area (Å²) in [7, 11) is -1.78. The molecule has 150 valence electrons. The molecule has 0 spiro atoms. The molecule has 0 atom stereocenters. The van der Waals surface area contributed by atoms with Crippen LogP contribution < -0.4 is 10.1 Å². The van der Waals surface area contributed by atoms with Crippen molar-refractivity contribution in [2.24, 2.45) is 0 Å². The van der Waals surface area contributed by atoms with E-state index in [1.807, 2.05) is 48.5 Å². The van der Waals surface area contributed by atoms with Crippen LogP contribution in [0.5, 0.6) is 5.75 Å². The van der Waals surface area contributed by atoms with E-state index in [1.165, 1.54) is 9.87 Å². The molecule has 1 aliphatic heterocycles. The van der Waals surface area contributed by atoms with Crippen LogP contribution in [-0.2, 0) is 34.2 Å². The summed E-state index contributed by atoms with van der Waals surface area (Å²) in [4.78, 5) is 12.0. The van der Waals surface area contributed by atoms with Crippen molar-refractivity contribution in [2.45, 2.75) is 25.8 Å². The molecule has 7 heteroatoms. The van der Waals surface area contributed by atoms with E-state index in [4.69, 9.17) is 4.74 Å². The molecular formula is C21H26N2O4S. The fourth-order valence-electron chi connectivity index (χ4n) is 3.29. The molecule has 6 nitrogen and oxygen atoms in total. The molecule has 2 aromatic carbocycles. The third-order valence-electron chi connectivity index (χ3n) is 4.97. The van der Waals surface area contributed by atoms with Gasteiger partial charge in [-0.1, -0.05) is 36.4 Å². The van der Waals surface area contributed by atoms with Crippen molar-refractivity contribution in [2.75, 3.05) is 26.0 Å². The van der Waals surface area contributed by atoms with Gasteiger partial charge in [0.25, 0.3) is 0 Å². The minimum absolute atomic E-state index is 0.0799. The molecule has 0 unspecified atom stereocenters. The largest absolute Gasteiger partial charge is 0.497 e. The zero-order valence-electron chi connectivity index (χ0n) is 16.1. The number of hydrogen-bond donors (Lipinski definition) is 1. The lowest BCUT2D eigenvalue weighted by Gasteiger charge is -2.28. The summed E-state index contributed by atoms with van der Waals surface area (Å²) in [6, 6.07) is 15.5. The van der Waals surface area contributed by atoms with Crippen LogP contribution in [0.4, 0.5) is 0 Å². The molecule has 1 amide bonds. The normalized spacial score (nSPS) is 14.3. The van der Waals surface area contributed by atoms with Crippen LogP contribution in [-0.4, -0.2) is 44.6 Å². The summed E-state index contributed by atoms with van der Waals surface area (Å²) < 4.78 is 31.8. The molecule has 0 bridgehead atoms. The first-order valence-corrected chi connectivity index (χ1v) is 11.0. The number of fused-ring (bicyclic) bond motifs is 1. The van der Waals surface area contributed by atoms with Gasteiger partial charge >= 0.3 is 0 Å². The molecule has 1 N–H and O–H groups in total. The second-order valence-corrected chi connectivity index (χ2v) is 8.95. The van der Waals surface area contributed by atoms with Gasteiger partial charge in [0.05, 0.1) is 12.9 Å². The number of carbonyl (C=O) groups excluding carboxylic acids is 1. The summed E-state index contributed by atoms with van der Waals surface area (Å²) in [6.45, 7) is 1.02. The molecule has 3 rings (SSSR count). The van der Waals surface area contributed by atoms with Crippen LogP contribution in [0, 0.1) is 0 Å². The zero-order chi connectivity index (χ0) is 20.0. The summed E-state index contributed by atoms with van der Waals surface area (Å²) >= 11 is 0. The Morgan fingerprint density at radius 1 is 1.11 bits per heavy atom. The zero-order valence-corrected chi connectivity index (χ0v) is 16.9. The second-order valence-electron chi connectivity index (χ2n) is 6.87. The summed E-state index contributed by atoms with van der Waals surface area (Å²) in [5.74, 6) is 0.553. The van der Waals surface area contributed by atoms with Gasteiger partial charge < -0.3 is 10.1 Å². The van der Waals surface area contributed by atoms with Gasteiger partial charge in [-0.15, -0.1) is 0 Å². The number of benzene rings is 2. The van der Waals surface area contributed by atoms with Crippen LogP contribution in [0.15, 0.2) is 48.5 Å². The summed E-state index contributed by atoms with van der Waals surface area (Å²) in [6.07, 6.45) is 1.65. The highest BCUT2D eigenvalue weighted by atomic mass is 32.2. The van der Waals surface area contributed by atoms with E-state index in [0.29, 0.717) is 25.9 Å². The number of nitrogens with one attached hydrogen (secondary N) is 1. The van der Waals surface area contributed by atoms with Gasteiger partial charge in [-0.2, -0.15) is 4.31 Å². The number of sulfonamides is 1. The molecule has 0 fully saturated rings. The first-order chi connectivity index (χ1) is 13.5. The second kappa shape index (κ2) is 9.21. The molecule has 0 aromatic heterocycles. The van der Waals surface area contributed by atoms with E-state index in [1.54, 1.807) is 7.11 Å². The third-order valence-corrected chi connectivity index (χ3v) is 6.79. The Labute approximate surface area is 166 Å². The lowest BCUT2D eigenvalue weighted by atomic mass is 10.0. The van der Waals surface area contributed by atoms with Gasteiger partial charge in [0.15, 0.2) is 0 Å². The average Bonchev–Trinajstić information content (AvgIpc) is 2.72. The van der Waals surface area contributed by atoms with Gasteiger partial charge in [-0.3, -0.25) is 4.79 Å². The van der Waals surface area contributed by atoms with Gasteiger partial charge in [0.2, 0.25) is 15.9 Å². The number of hydrogen-bond acceptors (Lipinski definition) is 4. The van der Waals surface area contributed by atoms with Crippen LogP contribution in [0.1, 0.15) is 23.1 Å². The molecule has 0 saturated heterocycles. The van der Waals surface area contributed by atoms with Crippen molar-refractivity contribution in [3.8, 4) is 5.75 Å². The number of methoxy groups -OCH3 is 1. The minimum Gasteiger partial charge on any atom is -0.497 e. The Morgan fingerprint density at radius 2 is 1.82 bits per heavy atom. The Kier molecular flexibility index (Phi) is 6.70. The average molecular weight is 403 g/mol. The predicted octanol–water partition coefficient (Wildman–Crippen LogP) is 2.13. The van der Waals surface area contributed by atoms with Crippen molar-refractivity contribution in [3.05, 3.63) is 65.2 Å². The predicted molar refractivity (Wildman–Crippen MR) is 109 cm³/mol. The van der Waals surface area contributed by atoms with Crippen LogP contribution in [0.2, 0.25) is 0 Å². The van der Waals surface area contributed by atoms with E-state index in [9.17, 15) is 13.2 Å². The van der Waals surface area contributed by atoms with E-state index in [0.717, 1.165) is 23.3 Å². The Bertz CT molecular complexity index is 910. The van der Waals surface area contributed by atoms with Gasteiger partial charge in [0, 0.05) is 26.1 Å². The maximum atomic E-state index is 12.6. The Morgan fingerprint density at radius 3 is 2.54 bits per heavy atom. The standard InChI is InChI=1S/C21H26N2O4S/c1-27-20-9-6-17(7-10-20)8-11-21(24)22-13-15-28(25,26)23-14-12-18-4-2-3-5-19(18)16-23/h2-7,9-10H,8,11-16H2,1H3,(H,22,24). The Hall–Kier alpha value is -2.38. The highest BCUT2D eigenvalue weighted by molar-refractivity contribution is 7.89. The smallest absolute Gasteiger partial charge is 0.220 e. The fraction of sp³-hybridized carbons (Fsp3) is 0.381. The van der Waals surface area contributed by atoms with Crippen molar-refractivity contribution < 1.29 is 17.9 Å². The molecule has 2 aromatic rings. The maximum absolute atomic E-state index is 12.6. The summed E-state index contributed by atoms with van der Waals surface area (Å²) in [5.41, 5.74) is 3.30. The van der Waals surface area contributed by atoms with Gasteiger partial charge in [0.1, 0.15) is 5.75 Å². The number of ether oxygens (including phenoxy) is 1. The molecular weight excluding hydrogens is 376 g/mol. The number of carbonyl (C=O) groups is 1. The van der Waals surface area contributed by atoms with E-state index >= 15 is 0 Å². The molecule has 1 heterocycles. The van der Waals surface area contributed by atoms with Crippen molar-refractivity contribution in [1.29, 1.82) is 0 Å². The van der Waals surface area contributed by atoms with Crippen molar-refractivity contribution in [1.82, 2.24) is 9.62 Å². The number of aryl methyl sites for hydroxylation is 1. The van der Waals surface area contributed by atoms with Gasteiger partial charge in [-0.25, -0.2) is 8.42 Å². The third kappa shape index (κ3) is 5.33. The Balaban J connectivity index is 1.42. The lowest BCUT2D eigenvalue weighted by Crippen LogP contribution is -2.40. The highest BCUT2D eigenvalue weighted by Crippen LogP contribution is 2.20. The van der Waals surface area contributed by atoms with Gasteiger partial charge in [-0.05, 0) is 41.7 Å². The maximum Gasteiger partial charge on any atom is 0.220 e. The monoisotopic (exact) mass is 402 g/mol. The van der Waals surface area contributed by atoms with Crippen LogP contribution >= 0.6 is 0 Å². The molecule has 0 radical (unpaired) electrons. The summed E-state index contributed by atoms with van der Waals surface area (Å²) in [5, 5.41) is 2.72. The molecule has 28 heavy (non-hydrogen) atoms. The number of amides is 1. The van der Waals surface area contributed by atoms with Crippen LogP contribution in [0.3, 0.4) is 0 Å². The molecule has 0 aliphatic carbocycles. The minimum atomic E-state index is -3.39. The van der Waals surface area contributed by atoms with Crippen molar-refractivity contribution >= 4 is 15.9 Å². The van der Waals surface area contributed by atoms with Crippen molar-refractivity contribution in [3.63, 3.8) is 0 Å². The first kappa shape index (κ1) is 20.4. The first-order valence-electron chi connectivity index (χ1n) is 9.42. The number of nitrogens with zero attached hydrogens (tertiary/aromatic N) is 1. The fourth-order valence-corrected chi connectivity index (χ4v) is 4.62. The lowest BCUT2D eigenvalue weighted by molar-refractivity contribution is -0.120. The SMILES string of the molecule is COc1ccc(CCC(=O)NCCS(=O)(=O)N2CCc3ccccc3C2)cc1.